The van der Waals surface area contributed by atoms with Crippen molar-refractivity contribution in [3.8, 4) is 5.75 Å². The molecule has 3 saturated heterocycles. The summed E-state index contributed by atoms with van der Waals surface area (Å²) < 4.78 is 14.0. The highest BCUT2D eigenvalue weighted by molar-refractivity contribution is 6.30. The number of carbonyl (C=O) groups excluding carboxylic acids is 4. The average Bonchev–Trinajstić information content (AvgIpc) is 3.61. The van der Waals surface area contributed by atoms with E-state index in [0.29, 0.717) is 46.7 Å². The molecule has 4 fully saturated rings. The quantitative estimate of drug-likeness (QED) is 0.133. The Morgan fingerprint density at radius 2 is 1.59 bits per heavy atom. The number of phenolic OH excluding ortho intramolecular Hbond substituents is 1. The number of phenols is 1. The predicted molar refractivity (Wildman–Crippen MR) is 218 cm³/mol. The van der Waals surface area contributed by atoms with Crippen molar-refractivity contribution in [1.82, 2.24) is 14.8 Å². The first-order valence-electron chi connectivity index (χ1n) is 20.0. The number of allylic oxidation sites excluding steroid dienone is 3. The molecule has 58 heavy (non-hydrogen) atoms. The minimum atomic E-state index is -1.59. The largest absolute Gasteiger partial charge is 0.507 e. The smallest absolute Gasteiger partial charge is 0.260 e. The van der Waals surface area contributed by atoms with E-state index in [9.17, 15) is 23.9 Å². The number of carbonyl (C=O) groups is 4. The van der Waals surface area contributed by atoms with Crippen LogP contribution in [0.3, 0.4) is 0 Å². The van der Waals surface area contributed by atoms with Crippen LogP contribution in [0, 0.1) is 29.5 Å². The molecule has 0 aromatic heterocycles. The number of piperidine rings is 1. The minimum Gasteiger partial charge on any atom is -0.507 e. The molecule has 3 aliphatic heterocycles. The molecule has 9 nitrogen and oxygen atoms in total. The van der Waals surface area contributed by atoms with Gasteiger partial charge in [-0.2, -0.15) is 5.01 Å². The van der Waals surface area contributed by atoms with Crippen LogP contribution in [0.15, 0.2) is 121 Å². The van der Waals surface area contributed by atoms with Gasteiger partial charge >= 0.3 is 0 Å². The van der Waals surface area contributed by atoms with Crippen LogP contribution < -0.4 is 5.43 Å². The van der Waals surface area contributed by atoms with Gasteiger partial charge in [-0.25, -0.2) is 4.39 Å². The number of imide groups is 2. The summed E-state index contributed by atoms with van der Waals surface area (Å²) in [6, 6.07) is 27.7. The second-order valence-electron chi connectivity index (χ2n) is 16.3. The van der Waals surface area contributed by atoms with E-state index in [1.165, 1.54) is 34.7 Å². The average molecular weight is 799 g/mol. The van der Waals surface area contributed by atoms with Crippen LogP contribution in [0.1, 0.15) is 53.9 Å². The van der Waals surface area contributed by atoms with Crippen LogP contribution in [-0.2, 0) is 37.6 Å². The maximum absolute atomic E-state index is 15.4. The molecule has 2 N–H and O–H groups in total. The summed E-state index contributed by atoms with van der Waals surface area (Å²) in [4.78, 5) is 63.5. The molecule has 3 heterocycles. The number of amides is 4. The summed E-state index contributed by atoms with van der Waals surface area (Å²) >= 11 is 6.42. The summed E-state index contributed by atoms with van der Waals surface area (Å²) in [6.45, 7) is 6.18. The van der Waals surface area contributed by atoms with Gasteiger partial charge in [0.2, 0.25) is 11.8 Å². The molecular weight excluding hydrogens is 755 g/mol. The van der Waals surface area contributed by atoms with Gasteiger partial charge in [0.05, 0.1) is 28.9 Å². The number of hydrazine groups is 1. The molecule has 4 aromatic carbocycles. The van der Waals surface area contributed by atoms with Gasteiger partial charge in [0, 0.05) is 42.2 Å². The van der Waals surface area contributed by atoms with Crippen LogP contribution >= 0.6 is 11.6 Å². The van der Waals surface area contributed by atoms with Crippen LogP contribution in [0.25, 0.3) is 0 Å². The SMILES string of the molecule is C=CCc1cccc(C2C3=CCC4C(=O)N(C5CCN(Cc6ccccc6)CC5)C(=O)C4C3CC3C(=O)N(Nc4ccc(F)cc4)C(=O)C32c2ccc(Cl)cc2)c1O. The summed E-state index contributed by atoms with van der Waals surface area (Å²) in [5.41, 5.74) is 5.25. The van der Waals surface area contributed by atoms with E-state index in [0.717, 1.165) is 30.2 Å². The zero-order valence-corrected chi connectivity index (χ0v) is 32.7. The third-order valence-corrected chi connectivity index (χ3v) is 13.5. The lowest BCUT2D eigenvalue weighted by atomic mass is 9.49. The van der Waals surface area contributed by atoms with Gasteiger partial charge in [-0.05, 0) is 91.1 Å². The van der Waals surface area contributed by atoms with Crippen molar-refractivity contribution in [3.05, 3.63) is 154 Å². The fourth-order valence-corrected chi connectivity index (χ4v) is 10.9. The Morgan fingerprint density at radius 1 is 0.862 bits per heavy atom. The molecular formula is C47H44ClFN4O5. The highest BCUT2D eigenvalue weighted by Crippen LogP contribution is 2.65. The summed E-state index contributed by atoms with van der Waals surface area (Å²) in [7, 11) is 0. The van der Waals surface area contributed by atoms with E-state index < -0.39 is 52.6 Å². The van der Waals surface area contributed by atoms with E-state index >= 15 is 4.79 Å². The number of benzene rings is 4. The number of fused-ring (bicyclic) bond motifs is 4. The Balaban J connectivity index is 1.13. The third-order valence-electron chi connectivity index (χ3n) is 13.3. The normalized spacial score (nSPS) is 27.3. The molecule has 11 heteroatoms. The number of likely N-dealkylation sites (tertiary alicyclic amines) is 2. The van der Waals surface area contributed by atoms with Crippen LogP contribution in [0.4, 0.5) is 10.1 Å². The lowest BCUT2D eigenvalue weighted by Gasteiger charge is -2.50. The molecule has 4 aromatic rings. The Hall–Kier alpha value is -5.58. The number of halogens is 2. The maximum atomic E-state index is 15.4. The highest BCUT2D eigenvalue weighted by Gasteiger charge is 2.71. The van der Waals surface area contributed by atoms with Crippen molar-refractivity contribution in [2.75, 3.05) is 18.5 Å². The van der Waals surface area contributed by atoms with Crippen molar-refractivity contribution < 1.29 is 28.7 Å². The molecule has 296 valence electrons. The number of hydrogen-bond acceptors (Lipinski definition) is 7. The Kier molecular flexibility index (Phi) is 9.80. The molecule has 0 bridgehead atoms. The molecule has 6 atom stereocenters. The van der Waals surface area contributed by atoms with Crippen molar-refractivity contribution in [3.63, 3.8) is 0 Å². The molecule has 5 aliphatic rings. The zero-order chi connectivity index (χ0) is 40.3. The highest BCUT2D eigenvalue weighted by atomic mass is 35.5. The van der Waals surface area contributed by atoms with E-state index in [-0.39, 0.29) is 36.4 Å². The number of rotatable bonds is 9. The van der Waals surface area contributed by atoms with Gasteiger partial charge in [-0.15, -0.1) is 6.58 Å². The number of para-hydroxylation sites is 1. The number of aromatic hydroxyl groups is 1. The maximum Gasteiger partial charge on any atom is 0.260 e. The van der Waals surface area contributed by atoms with Crippen molar-refractivity contribution in [2.24, 2.45) is 23.7 Å². The Morgan fingerprint density at radius 3 is 2.29 bits per heavy atom. The second kappa shape index (κ2) is 15.0. The van der Waals surface area contributed by atoms with Crippen molar-refractivity contribution >= 4 is 40.9 Å². The van der Waals surface area contributed by atoms with Crippen molar-refractivity contribution in [2.45, 2.75) is 56.0 Å². The van der Waals surface area contributed by atoms with Gasteiger partial charge in [0.15, 0.2) is 0 Å². The van der Waals surface area contributed by atoms with Gasteiger partial charge in [-0.3, -0.25) is 34.4 Å². The van der Waals surface area contributed by atoms with Gasteiger partial charge in [-0.1, -0.05) is 90.0 Å². The third kappa shape index (κ3) is 6.07. The lowest BCUT2D eigenvalue weighted by molar-refractivity contribution is -0.144. The van der Waals surface area contributed by atoms with Crippen LogP contribution in [-0.4, -0.2) is 62.7 Å². The monoisotopic (exact) mass is 798 g/mol. The molecule has 1 saturated carbocycles. The predicted octanol–water partition coefficient (Wildman–Crippen LogP) is 7.56. The Bertz CT molecular complexity index is 2330. The van der Waals surface area contributed by atoms with Crippen LogP contribution in [0.5, 0.6) is 5.75 Å². The molecule has 0 spiro atoms. The standard InChI is InChI=1S/C47H44ClFN4O5/c1-2-7-29-10-6-11-37(42(29)54)41-35-20-21-36-40(45(57)52(43(36)55)34-22-24-51(25-23-34)27-28-8-4-3-5-9-28)38(35)26-39-44(56)53(50-33-18-16-32(49)17-19-33)46(58)47(39,41)30-12-14-31(48)15-13-30/h2-6,8-20,34,36,38-41,50,54H,1,7,21-27H2. The molecule has 6 unspecified atom stereocenters. The number of nitrogens with one attached hydrogen (secondary N) is 1. The molecule has 9 rings (SSSR count). The Labute approximate surface area is 341 Å². The fraction of sp³-hybridized carbons (Fsp3) is 0.319. The zero-order valence-electron chi connectivity index (χ0n) is 31.9. The summed E-state index contributed by atoms with van der Waals surface area (Å²) in [5, 5.41) is 13.5. The topological polar surface area (TPSA) is 110 Å². The van der Waals surface area contributed by atoms with E-state index in [2.05, 4.69) is 29.0 Å². The van der Waals surface area contributed by atoms with Gasteiger partial charge < -0.3 is 5.11 Å². The number of nitrogens with zero attached hydrogens (tertiary/aromatic N) is 3. The van der Waals surface area contributed by atoms with Crippen molar-refractivity contribution in [1.29, 1.82) is 0 Å². The molecule has 0 radical (unpaired) electrons. The lowest BCUT2D eigenvalue weighted by Crippen LogP contribution is -2.53. The first kappa shape index (κ1) is 38.0. The number of hydrogen-bond donors (Lipinski definition) is 2. The first-order chi connectivity index (χ1) is 28.1. The van der Waals surface area contributed by atoms with E-state index in [1.807, 2.05) is 30.3 Å². The molecule has 4 amide bonds. The van der Waals surface area contributed by atoms with Gasteiger partial charge in [0.1, 0.15) is 11.6 Å². The second-order valence-corrected chi connectivity index (χ2v) is 16.7. The van der Waals surface area contributed by atoms with E-state index in [1.54, 1.807) is 42.5 Å². The molecule has 2 aliphatic carbocycles. The number of anilines is 1. The summed E-state index contributed by atoms with van der Waals surface area (Å²) in [6.07, 6.45) is 5.78. The first-order valence-corrected chi connectivity index (χ1v) is 20.4. The fourth-order valence-electron chi connectivity index (χ4n) is 10.7. The van der Waals surface area contributed by atoms with Crippen LogP contribution in [0.2, 0.25) is 5.02 Å². The minimum absolute atomic E-state index is 0.0222. The van der Waals surface area contributed by atoms with Gasteiger partial charge in [0.25, 0.3) is 11.8 Å². The van der Waals surface area contributed by atoms with E-state index in [4.69, 9.17) is 11.6 Å². The summed E-state index contributed by atoms with van der Waals surface area (Å²) in [5.74, 6) is -5.80.